The molecule has 8 heteroatoms. The van der Waals surface area contributed by atoms with E-state index in [-0.39, 0.29) is 6.54 Å². The molecule has 1 fully saturated rings. The lowest BCUT2D eigenvalue weighted by Gasteiger charge is -2.13. The number of aromatic nitrogens is 1. The van der Waals surface area contributed by atoms with Crippen molar-refractivity contribution in [2.75, 3.05) is 18.5 Å². The number of ether oxygens (including phenoxy) is 1. The van der Waals surface area contributed by atoms with Crippen molar-refractivity contribution in [3.8, 4) is 11.4 Å². The molecule has 0 unspecified atom stereocenters. The fourth-order valence-corrected chi connectivity index (χ4v) is 5.09. The summed E-state index contributed by atoms with van der Waals surface area (Å²) in [6.45, 7) is 10.4. The molecule has 0 spiro atoms. The van der Waals surface area contributed by atoms with Crippen molar-refractivity contribution in [3.05, 3.63) is 82.0 Å². The van der Waals surface area contributed by atoms with Crippen LogP contribution in [0.15, 0.2) is 59.5 Å². The zero-order chi connectivity index (χ0) is 26.7. The van der Waals surface area contributed by atoms with Crippen LogP contribution in [0.2, 0.25) is 0 Å². The summed E-state index contributed by atoms with van der Waals surface area (Å²) in [5.41, 5.74) is 5.72. The summed E-state index contributed by atoms with van der Waals surface area (Å²) in [5, 5.41) is 2.26. The third-order valence-electron chi connectivity index (χ3n) is 6.20. The van der Waals surface area contributed by atoms with Crippen molar-refractivity contribution in [1.82, 2.24) is 9.47 Å². The number of hydrogen-bond acceptors (Lipinski definition) is 5. The van der Waals surface area contributed by atoms with E-state index in [0.717, 1.165) is 39.3 Å². The lowest BCUT2D eigenvalue weighted by molar-refractivity contribution is -0.127. The largest absolute Gasteiger partial charge is 0.494 e. The molecule has 37 heavy (non-hydrogen) atoms. The van der Waals surface area contributed by atoms with Gasteiger partial charge in [-0.1, -0.05) is 26.0 Å². The molecule has 1 aliphatic heterocycles. The van der Waals surface area contributed by atoms with Gasteiger partial charge in [-0.3, -0.25) is 19.3 Å². The Labute approximate surface area is 221 Å². The molecule has 0 aliphatic carbocycles. The molecule has 4 rings (SSSR count). The monoisotopic (exact) mass is 517 g/mol. The number of nitrogens with zero attached hydrogens (tertiary/aromatic N) is 2. The van der Waals surface area contributed by atoms with E-state index in [1.807, 2.05) is 26.8 Å². The molecule has 0 atom stereocenters. The third-order valence-corrected chi connectivity index (χ3v) is 7.11. The number of carbonyl (C=O) groups excluding carboxylic acids is 3. The zero-order valence-electron chi connectivity index (χ0n) is 21.7. The number of benzene rings is 2. The van der Waals surface area contributed by atoms with Crippen molar-refractivity contribution in [2.45, 2.75) is 40.5 Å². The van der Waals surface area contributed by atoms with Crippen LogP contribution in [0.3, 0.4) is 0 Å². The van der Waals surface area contributed by atoms with Crippen LogP contribution >= 0.6 is 11.8 Å². The summed E-state index contributed by atoms with van der Waals surface area (Å²) in [6, 6.07) is 17.4. The minimum atomic E-state index is -0.470. The highest BCUT2D eigenvalue weighted by atomic mass is 32.2. The molecule has 1 saturated heterocycles. The van der Waals surface area contributed by atoms with Gasteiger partial charge >= 0.3 is 0 Å². The van der Waals surface area contributed by atoms with E-state index >= 15 is 0 Å². The molecule has 1 N–H and O–H groups in total. The number of anilines is 1. The molecule has 0 radical (unpaired) electrons. The Morgan fingerprint density at radius 1 is 1.05 bits per heavy atom. The SMILES string of the molecule is CCOc1ccc(NC(=O)CN2C(=O)S/C(=C/c3cc(C)n(-c4ccc(C(C)C)cc4)c3C)C2=O)cc1. The summed E-state index contributed by atoms with van der Waals surface area (Å²) in [4.78, 5) is 39.4. The normalized spacial score (nSPS) is 14.6. The molecule has 7 nitrogen and oxygen atoms in total. The van der Waals surface area contributed by atoms with E-state index < -0.39 is 17.1 Å². The Balaban J connectivity index is 1.48. The molecule has 0 saturated carbocycles. The average Bonchev–Trinajstić information content (AvgIpc) is 3.29. The van der Waals surface area contributed by atoms with Crippen LogP contribution in [0.25, 0.3) is 11.8 Å². The molecular formula is C29H31N3O4S. The van der Waals surface area contributed by atoms with E-state index in [2.05, 4.69) is 48.0 Å². The first-order valence-corrected chi connectivity index (χ1v) is 13.1. The number of rotatable bonds is 8. The second-order valence-corrected chi connectivity index (χ2v) is 10.2. The Hall–Kier alpha value is -3.78. The molecule has 2 aromatic carbocycles. The van der Waals surface area contributed by atoms with Gasteiger partial charge in [0.25, 0.3) is 11.1 Å². The molecule has 192 valence electrons. The van der Waals surface area contributed by atoms with Crippen molar-refractivity contribution in [3.63, 3.8) is 0 Å². The first-order chi connectivity index (χ1) is 17.7. The average molecular weight is 518 g/mol. The zero-order valence-corrected chi connectivity index (χ0v) is 22.5. The van der Waals surface area contributed by atoms with Crippen LogP contribution in [0.1, 0.15) is 49.2 Å². The van der Waals surface area contributed by atoms with Crippen LogP contribution < -0.4 is 10.1 Å². The van der Waals surface area contributed by atoms with Gasteiger partial charge in [-0.15, -0.1) is 0 Å². The van der Waals surface area contributed by atoms with E-state index in [1.165, 1.54) is 5.56 Å². The van der Waals surface area contributed by atoms with Crippen LogP contribution in [0.4, 0.5) is 10.5 Å². The first kappa shape index (κ1) is 26.3. The molecule has 1 aliphatic rings. The number of aryl methyl sites for hydroxylation is 1. The second kappa shape index (κ2) is 11.1. The van der Waals surface area contributed by atoms with Crippen LogP contribution in [0.5, 0.6) is 5.75 Å². The van der Waals surface area contributed by atoms with Gasteiger partial charge in [-0.25, -0.2) is 0 Å². The van der Waals surface area contributed by atoms with E-state index in [1.54, 1.807) is 30.3 Å². The van der Waals surface area contributed by atoms with Gasteiger partial charge in [0.2, 0.25) is 5.91 Å². The Morgan fingerprint density at radius 3 is 2.35 bits per heavy atom. The molecule has 3 aromatic rings. The molecule has 1 aromatic heterocycles. The summed E-state index contributed by atoms with van der Waals surface area (Å²) in [5.74, 6) is 0.234. The summed E-state index contributed by atoms with van der Waals surface area (Å²) < 4.78 is 7.53. The summed E-state index contributed by atoms with van der Waals surface area (Å²) in [6.07, 6.45) is 1.73. The highest BCUT2D eigenvalue weighted by Gasteiger charge is 2.36. The molecule has 2 heterocycles. The highest BCUT2D eigenvalue weighted by molar-refractivity contribution is 8.18. The number of amides is 3. The fraction of sp³-hybridized carbons (Fsp3) is 0.276. The molecule has 0 bridgehead atoms. The first-order valence-electron chi connectivity index (χ1n) is 12.2. The predicted molar refractivity (Wildman–Crippen MR) is 148 cm³/mol. The van der Waals surface area contributed by atoms with Crippen molar-refractivity contribution in [2.24, 2.45) is 0 Å². The lowest BCUT2D eigenvalue weighted by atomic mass is 10.0. The van der Waals surface area contributed by atoms with Gasteiger partial charge in [0.05, 0.1) is 11.5 Å². The topological polar surface area (TPSA) is 80.6 Å². The Kier molecular flexibility index (Phi) is 7.88. The number of imide groups is 1. The maximum absolute atomic E-state index is 13.0. The maximum Gasteiger partial charge on any atom is 0.294 e. The quantitative estimate of drug-likeness (QED) is 0.355. The van der Waals surface area contributed by atoms with E-state index in [9.17, 15) is 14.4 Å². The number of hydrogen-bond donors (Lipinski definition) is 1. The Morgan fingerprint density at radius 2 is 1.73 bits per heavy atom. The van der Waals surface area contributed by atoms with Crippen molar-refractivity contribution < 1.29 is 19.1 Å². The van der Waals surface area contributed by atoms with E-state index in [4.69, 9.17) is 4.74 Å². The molecule has 3 amide bonds. The smallest absolute Gasteiger partial charge is 0.294 e. The van der Waals surface area contributed by atoms with E-state index in [0.29, 0.717) is 28.9 Å². The summed E-state index contributed by atoms with van der Waals surface area (Å²) >= 11 is 0.850. The number of nitrogens with one attached hydrogen (secondary N) is 1. The predicted octanol–water partition coefficient (Wildman–Crippen LogP) is 6.29. The third kappa shape index (κ3) is 5.80. The van der Waals surface area contributed by atoms with Gasteiger partial charge in [-0.05, 0) is 98.1 Å². The van der Waals surface area contributed by atoms with Crippen molar-refractivity contribution >= 4 is 40.6 Å². The van der Waals surface area contributed by atoms with Gasteiger partial charge in [-0.2, -0.15) is 0 Å². The fourth-order valence-electron chi connectivity index (χ4n) is 4.26. The minimum Gasteiger partial charge on any atom is -0.494 e. The maximum atomic E-state index is 13.0. The van der Waals surface area contributed by atoms with Crippen molar-refractivity contribution in [1.29, 1.82) is 0 Å². The van der Waals surface area contributed by atoms with Crippen LogP contribution in [-0.4, -0.2) is 39.7 Å². The minimum absolute atomic E-state index is 0.300. The molecular weight excluding hydrogens is 486 g/mol. The highest BCUT2D eigenvalue weighted by Crippen LogP contribution is 2.34. The lowest BCUT2D eigenvalue weighted by Crippen LogP contribution is -2.36. The second-order valence-electron chi connectivity index (χ2n) is 9.18. The van der Waals surface area contributed by atoms with Gasteiger partial charge in [0.15, 0.2) is 0 Å². The van der Waals surface area contributed by atoms with Crippen LogP contribution in [-0.2, 0) is 9.59 Å². The Bertz CT molecular complexity index is 1360. The number of thioether (sulfide) groups is 1. The van der Waals surface area contributed by atoms with Crippen LogP contribution in [0, 0.1) is 13.8 Å². The van der Waals surface area contributed by atoms with Gasteiger partial charge in [0.1, 0.15) is 12.3 Å². The summed E-state index contributed by atoms with van der Waals surface area (Å²) in [7, 11) is 0. The van der Waals surface area contributed by atoms with Gasteiger partial charge in [0, 0.05) is 22.8 Å². The van der Waals surface area contributed by atoms with Gasteiger partial charge < -0.3 is 14.6 Å². The number of carbonyl (C=O) groups is 3. The standard InChI is InChI=1S/C29H31N3O4S/c1-6-36-25-13-9-23(10-14-25)30-27(33)17-31-28(34)26(37-29(31)35)16-22-15-19(4)32(20(22)5)24-11-7-21(8-12-24)18(2)3/h7-16,18H,6,17H2,1-5H3,(H,30,33)/b26-16+.